The summed E-state index contributed by atoms with van der Waals surface area (Å²) < 4.78 is 6.91. The van der Waals surface area contributed by atoms with Crippen LogP contribution in [0.3, 0.4) is 0 Å². The van der Waals surface area contributed by atoms with Crippen molar-refractivity contribution in [1.29, 1.82) is 5.26 Å². The number of nitriles is 1. The Kier molecular flexibility index (Phi) is 6.91. The van der Waals surface area contributed by atoms with Crippen LogP contribution in [0.5, 0.6) is 5.75 Å². The van der Waals surface area contributed by atoms with Crippen LogP contribution in [0.4, 0.5) is 0 Å². The zero-order valence-electron chi connectivity index (χ0n) is 18.1. The average Bonchev–Trinajstić information content (AvgIpc) is 2.83. The van der Waals surface area contributed by atoms with Crippen LogP contribution in [0.2, 0.25) is 5.02 Å². The highest BCUT2D eigenvalue weighted by molar-refractivity contribution is 7.99. The maximum atomic E-state index is 13.5. The van der Waals surface area contributed by atoms with Gasteiger partial charge in [-0.2, -0.15) is 5.26 Å². The number of amides is 1. The van der Waals surface area contributed by atoms with Gasteiger partial charge in [-0.05, 0) is 43.2 Å². The molecule has 0 atom stereocenters. The van der Waals surface area contributed by atoms with Crippen molar-refractivity contribution in [3.05, 3.63) is 57.8 Å². The molecule has 3 aromatic rings. The Morgan fingerprint density at radius 1 is 1.27 bits per heavy atom. The maximum Gasteiger partial charge on any atom is 0.266 e. The molecule has 0 unspecified atom stereocenters. The molecule has 2 aromatic carbocycles. The van der Waals surface area contributed by atoms with Crippen LogP contribution in [0.15, 0.2) is 52.4 Å². The molecule has 1 aliphatic rings. The van der Waals surface area contributed by atoms with Crippen LogP contribution >= 0.6 is 23.4 Å². The van der Waals surface area contributed by atoms with Gasteiger partial charge in [0.05, 0.1) is 35.5 Å². The normalized spacial score (nSPS) is 15.1. The highest BCUT2D eigenvalue weighted by Gasteiger charge is 2.33. The van der Waals surface area contributed by atoms with E-state index in [-0.39, 0.29) is 17.2 Å². The quantitative estimate of drug-likeness (QED) is 0.411. The molecule has 7 nitrogen and oxygen atoms in total. The van der Waals surface area contributed by atoms with E-state index in [1.165, 1.54) is 11.7 Å². The lowest BCUT2D eigenvalue weighted by molar-refractivity contribution is -0.120. The van der Waals surface area contributed by atoms with Crippen molar-refractivity contribution in [3.63, 3.8) is 0 Å². The van der Waals surface area contributed by atoms with Gasteiger partial charge < -0.3 is 10.1 Å². The number of thioether (sulfide) groups is 1. The summed E-state index contributed by atoms with van der Waals surface area (Å²) >= 11 is 7.26. The molecule has 9 heteroatoms. The van der Waals surface area contributed by atoms with Crippen LogP contribution < -0.4 is 15.6 Å². The minimum atomic E-state index is -0.817. The average molecular weight is 483 g/mol. The number of fused-ring (bicyclic) bond motifs is 1. The summed E-state index contributed by atoms with van der Waals surface area (Å²) in [4.78, 5) is 30.9. The van der Waals surface area contributed by atoms with Gasteiger partial charge in [0, 0.05) is 5.02 Å². The lowest BCUT2D eigenvalue weighted by Crippen LogP contribution is -2.49. The third kappa shape index (κ3) is 4.85. The van der Waals surface area contributed by atoms with Gasteiger partial charge in [0.1, 0.15) is 11.3 Å². The molecule has 1 aromatic heterocycles. The maximum absolute atomic E-state index is 13.5. The van der Waals surface area contributed by atoms with Crippen LogP contribution in [0, 0.1) is 11.3 Å². The van der Waals surface area contributed by atoms with Gasteiger partial charge in [-0.1, -0.05) is 54.8 Å². The van der Waals surface area contributed by atoms with Crippen molar-refractivity contribution in [3.8, 4) is 17.5 Å². The minimum Gasteiger partial charge on any atom is -0.495 e. The number of halogens is 1. The standard InChI is InChI=1S/C24H23ClN4O3S/c1-32-20-8-4-3-7-19(20)29-22(31)17-10-9-16(25)13-18(17)27-23(29)33-14-21(30)28-24(15-26)11-5-2-6-12-24/h3-4,7-10,13H,2,5-6,11-12,14H2,1H3,(H,28,30). The lowest BCUT2D eigenvalue weighted by Gasteiger charge is -2.31. The van der Waals surface area contributed by atoms with E-state index in [4.69, 9.17) is 16.3 Å². The number of aromatic nitrogens is 2. The van der Waals surface area contributed by atoms with E-state index in [0.717, 1.165) is 31.0 Å². The molecule has 4 rings (SSSR count). The van der Waals surface area contributed by atoms with Gasteiger partial charge in [0.15, 0.2) is 5.16 Å². The molecule has 0 aliphatic heterocycles. The summed E-state index contributed by atoms with van der Waals surface area (Å²) in [7, 11) is 1.53. The fourth-order valence-corrected chi connectivity index (χ4v) is 5.09. The van der Waals surface area contributed by atoms with Crippen molar-refractivity contribution in [1.82, 2.24) is 14.9 Å². The van der Waals surface area contributed by atoms with Crippen LogP contribution in [-0.4, -0.2) is 33.9 Å². The Morgan fingerprint density at radius 2 is 2.03 bits per heavy atom. The van der Waals surface area contributed by atoms with E-state index >= 15 is 0 Å². The predicted octanol–water partition coefficient (Wildman–Crippen LogP) is 4.48. The molecule has 1 aliphatic carbocycles. The topological polar surface area (TPSA) is 97.0 Å². The fourth-order valence-electron chi connectivity index (χ4n) is 4.12. The molecule has 0 spiro atoms. The Bertz CT molecular complexity index is 1300. The fraction of sp³-hybridized carbons (Fsp3) is 0.333. The Morgan fingerprint density at radius 3 is 2.76 bits per heavy atom. The van der Waals surface area contributed by atoms with Crippen molar-refractivity contribution in [2.24, 2.45) is 0 Å². The largest absolute Gasteiger partial charge is 0.495 e. The molecule has 1 heterocycles. The summed E-state index contributed by atoms with van der Waals surface area (Å²) in [6.45, 7) is 0. The number of carbonyl (C=O) groups excluding carboxylic acids is 1. The van der Waals surface area contributed by atoms with E-state index in [0.29, 0.717) is 45.4 Å². The number of rotatable bonds is 6. The number of methoxy groups -OCH3 is 1. The second kappa shape index (κ2) is 9.86. The number of benzene rings is 2. The first-order chi connectivity index (χ1) is 16.0. The molecule has 170 valence electrons. The number of carbonyl (C=O) groups is 1. The zero-order valence-corrected chi connectivity index (χ0v) is 19.7. The first-order valence-corrected chi connectivity index (χ1v) is 12.0. The molecule has 1 saturated carbocycles. The number of nitrogens with one attached hydrogen (secondary N) is 1. The van der Waals surface area contributed by atoms with Gasteiger partial charge in [-0.25, -0.2) is 4.98 Å². The SMILES string of the molecule is COc1ccccc1-n1c(SCC(=O)NC2(C#N)CCCCC2)nc2cc(Cl)ccc2c1=O. The number of nitrogens with zero attached hydrogens (tertiary/aromatic N) is 3. The minimum absolute atomic E-state index is 0.0110. The van der Waals surface area contributed by atoms with E-state index in [9.17, 15) is 14.9 Å². The van der Waals surface area contributed by atoms with Gasteiger partial charge in [-0.3, -0.25) is 14.2 Å². The molecule has 0 bridgehead atoms. The first kappa shape index (κ1) is 23.1. The first-order valence-electron chi connectivity index (χ1n) is 10.7. The van der Waals surface area contributed by atoms with Gasteiger partial charge in [0.25, 0.3) is 5.56 Å². The van der Waals surface area contributed by atoms with Crippen molar-refractivity contribution < 1.29 is 9.53 Å². The number of hydrogen-bond donors (Lipinski definition) is 1. The molecule has 1 N–H and O–H groups in total. The number of para-hydroxylation sites is 2. The Balaban J connectivity index is 1.71. The molecule has 1 amide bonds. The molecule has 0 saturated heterocycles. The second-order valence-electron chi connectivity index (χ2n) is 7.96. The smallest absolute Gasteiger partial charge is 0.266 e. The van der Waals surface area contributed by atoms with E-state index in [1.807, 2.05) is 6.07 Å². The monoisotopic (exact) mass is 482 g/mol. The summed E-state index contributed by atoms with van der Waals surface area (Å²) in [6, 6.07) is 14.3. The Labute approximate surface area is 200 Å². The summed E-state index contributed by atoms with van der Waals surface area (Å²) in [5.41, 5.74) is -0.132. The van der Waals surface area contributed by atoms with Crippen molar-refractivity contribution in [2.45, 2.75) is 42.8 Å². The molecular formula is C24H23ClN4O3S. The van der Waals surface area contributed by atoms with Gasteiger partial charge in [0.2, 0.25) is 5.91 Å². The van der Waals surface area contributed by atoms with Crippen LogP contribution in [0.1, 0.15) is 32.1 Å². The zero-order chi connectivity index (χ0) is 23.4. The molecule has 33 heavy (non-hydrogen) atoms. The van der Waals surface area contributed by atoms with Crippen LogP contribution in [0.25, 0.3) is 16.6 Å². The predicted molar refractivity (Wildman–Crippen MR) is 129 cm³/mol. The third-order valence-corrected chi connectivity index (χ3v) is 6.93. The highest BCUT2D eigenvalue weighted by Crippen LogP contribution is 2.30. The van der Waals surface area contributed by atoms with E-state index < -0.39 is 5.54 Å². The Hall–Kier alpha value is -3.02. The summed E-state index contributed by atoms with van der Waals surface area (Å²) in [5, 5.41) is 13.8. The summed E-state index contributed by atoms with van der Waals surface area (Å²) in [5.74, 6) is 0.249. The summed E-state index contributed by atoms with van der Waals surface area (Å²) in [6.07, 6.45) is 4.21. The van der Waals surface area contributed by atoms with E-state index in [2.05, 4.69) is 16.4 Å². The number of ether oxygens (including phenoxy) is 1. The van der Waals surface area contributed by atoms with E-state index in [1.54, 1.807) is 36.4 Å². The highest BCUT2D eigenvalue weighted by atomic mass is 35.5. The second-order valence-corrected chi connectivity index (χ2v) is 9.34. The third-order valence-electron chi connectivity index (χ3n) is 5.76. The molecule has 0 radical (unpaired) electrons. The molecular weight excluding hydrogens is 460 g/mol. The lowest BCUT2D eigenvalue weighted by atomic mass is 9.83. The van der Waals surface area contributed by atoms with Crippen molar-refractivity contribution >= 4 is 40.2 Å². The van der Waals surface area contributed by atoms with Crippen LogP contribution in [-0.2, 0) is 4.79 Å². The molecule has 1 fully saturated rings. The van der Waals surface area contributed by atoms with Gasteiger partial charge >= 0.3 is 0 Å². The van der Waals surface area contributed by atoms with Gasteiger partial charge in [-0.15, -0.1) is 0 Å². The van der Waals surface area contributed by atoms with Crippen molar-refractivity contribution in [2.75, 3.05) is 12.9 Å². The number of hydrogen-bond acceptors (Lipinski definition) is 6.